The average molecular weight is 302 g/mol. The Hall–Kier alpha value is -1.56. The number of aromatic nitrogens is 4. The first-order chi connectivity index (χ1) is 9.13. The van der Waals surface area contributed by atoms with Gasteiger partial charge in [-0.05, 0) is 20.8 Å². The summed E-state index contributed by atoms with van der Waals surface area (Å²) in [6.45, 7) is 7.46. The molecule has 0 aliphatic rings. The quantitative estimate of drug-likeness (QED) is 0.892. The van der Waals surface area contributed by atoms with Crippen molar-refractivity contribution in [1.82, 2.24) is 19.6 Å². The third kappa shape index (κ3) is 3.72. The van der Waals surface area contributed by atoms with Crippen LogP contribution in [0, 0.1) is 13.8 Å². The number of anilines is 1. The summed E-state index contributed by atoms with van der Waals surface area (Å²) in [4.78, 5) is 0. The van der Waals surface area contributed by atoms with Gasteiger partial charge in [-0.1, -0.05) is 0 Å². The Labute approximate surface area is 124 Å². The molecule has 0 aliphatic carbocycles. The lowest BCUT2D eigenvalue weighted by Crippen LogP contribution is -2.00. The Morgan fingerprint density at radius 1 is 1.15 bits per heavy atom. The Kier molecular flexibility index (Phi) is 6.01. The number of hydrogen-bond acceptors (Lipinski definition) is 3. The number of rotatable bonds is 6. The van der Waals surface area contributed by atoms with Crippen molar-refractivity contribution in [1.29, 1.82) is 0 Å². The summed E-state index contributed by atoms with van der Waals surface area (Å²) in [5.41, 5.74) is 4.02. The first-order valence-electron chi connectivity index (χ1n) is 6.50. The minimum atomic E-state index is -0.400. The fourth-order valence-corrected chi connectivity index (χ4v) is 1.98. The van der Waals surface area contributed by atoms with Crippen molar-refractivity contribution in [2.75, 3.05) is 12.0 Å². The number of halogens is 2. The van der Waals surface area contributed by atoms with Gasteiger partial charge in [0.2, 0.25) is 0 Å². The summed E-state index contributed by atoms with van der Waals surface area (Å²) in [5.74, 6) is 0. The van der Waals surface area contributed by atoms with E-state index in [-0.39, 0.29) is 12.4 Å². The molecule has 20 heavy (non-hydrogen) atoms. The molecule has 5 nitrogen and oxygen atoms in total. The highest BCUT2D eigenvalue weighted by molar-refractivity contribution is 5.85. The monoisotopic (exact) mass is 301 g/mol. The lowest BCUT2D eigenvalue weighted by molar-refractivity contribution is 0.426. The molecule has 0 amide bonds. The van der Waals surface area contributed by atoms with Crippen molar-refractivity contribution < 1.29 is 4.39 Å². The largest absolute Gasteiger partial charge is 0.378 e. The molecule has 0 bridgehead atoms. The zero-order valence-corrected chi connectivity index (χ0v) is 12.9. The predicted molar refractivity (Wildman–Crippen MR) is 80.2 cm³/mol. The molecule has 2 aromatic rings. The second-order valence-electron chi connectivity index (χ2n) is 4.53. The maximum atomic E-state index is 12.3. The highest BCUT2D eigenvalue weighted by Crippen LogP contribution is 2.15. The Morgan fingerprint density at radius 3 is 2.45 bits per heavy atom. The normalized spacial score (nSPS) is 10.4. The van der Waals surface area contributed by atoms with Crippen LogP contribution in [0.25, 0.3) is 0 Å². The number of alkyl halides is 1. The number of hydrogen-bond donors (Lipinski definition) is 1. The summed E-state index contributed by atoms with van der Waals surface area (Å²) in [5, 5.41) is 12.0. The van der Waals surface area contributed by atoms with Crippen molar-refractivity contribution in [3.63, 3.8) is 0 Å². The third-order valence-corrected chi connectivity index (χ3v) is 3.10. The lowest BCUT2D eigenvalue weighted by Gasteiger charge is -2.03. The molecule has 0 saturated heterocycles. The van der Waals surface area contributed by atoms with Crippen molar-refractivity contribution in [2.45, 2.75) is 40.4 Å². The fraction of sp³-hybridized carbons (Fsp3) is 0.538. The van der Waals surface area contributed by atoms with Gasteiger partial charge in [0.15, 0.2) is 0 Å². The molecular formula is C13H21ClFN5. The van der Waals surface area contributed by atoms with Crippen LogP contribution in [0.4, 0.5) is 10.1 Å². The van der Waals surface area contributed by atoms with E-state index in [1.54, 1.807) is 4.68 Å². The van der Waals surface area contributed by atoms with Crippen LogP contribution in [0.3, 0.4) is 0 Å². The summed E-state index contributed by atoms with van der Waals surface area (Å²) in [7, 11) is 0. The van der Waals surface area contributed by atoms with E-state index in [4.69, 9.17) is 0 Å². The average Bonchev–Trinajstić information content (AvgIpc) is 2.91. The van der Waals surface area contributed by atoms with Gasteiger partial charge in [-0.25, -0.2) is 4.39 Å². The molecule has 2 rings (SSSR count). The van der Waals surface area contributed by atoms with Crippen LogP contribution < -0.4 is 5.32 Å². The first kappa shape index (κ1) is 16.5. The van der Waals surface area contributed by atoms with Gasteiger partial charge in [0.1, 0.15) is 6.67 Å². The second-order valence-corrected chi connectivity index (χ2v) is 4.53. The second kappa shape index (κ2) is 7.28. The van der Waals surface area contributed by atoms with Crippen LogP contribution in [-0.2, 0) is 19.6 Å². The molecule has 0 saturated carbocycles. The molecule has 7 heteroatoms. The number of aryl methyl sites for hydroxylation is 4. The summed E-state index contributed by atoms with van der Waals surface area (Å²) in [6, 6.07) is 0. The summed E-state index contributed by atoms with van der Waals surface area (Å²) < 4.78 is 15.8. The molecule has 0 spiro atoms. The molecule has 2 heterocycles. The third-order valence-electron chi connectivity index (χ3n) is 3.10. The van der Waals surface area contributed by atoms with Crippen LogP contribution in [0.5, 0.6) is 0 Å². The maximum Gasteiger partial charge on any atom is 0.109 e. The van der Waals surface area contributed by atoms with Gasteiger partial charge in [0, 0.05) is 31.0 Å². The fourth-order valence-electron chi connectivity index (χ4n) is 1.98. The summed E-state index contributed by atoms with van der Waals surface area (Å²) >= 11 is 0. The molecule has 112 valence electrons. The first-order valence-corrected chi connectivity index (χ1v) is 6.50. The van der Waals surface area contributed by atoms with Crippen molar-refractivity contribution in [2.24, 2.45) is 0 Å². The van der Waals surface area contributed by atoms with Crippen molar-refractivity contribution in [3.8, 4) is 0 Å². The Balaban J connectivity index is 0.00000200. The van der Waals surface area contributed by atoms with E-state index >= 15 is 0 Å². The van der Waals surface area contributed by atoms with Gasteiger partial charge in [0.25, 0.3) is 0 Å². The van der Waals surface area contributed by atoms with Gasteiger partial charge in [-0.3, -0.25) is 9.36 Å². The van der Waals surface area contributed by atoms with Gasteiger partial charge in [-0.2, -0.15) is 10.2 Å². The number of nitrogens with zero attached hydrogens (tertiary/aromatic N) is 4. The minimum Gasteiger partial charge on any atom is -0.378 e. The molecule has 1 N–H and O–H groups in total. The lowest BCUT2D eigenvalue weighted by atomic mass is 10.2. The van der Waals surface area contributed by atoms with Crippen molar-refractivity contribution in [3.05, 3.63) is 29.3 Å². The predicted octanol–water partition coefficient (Wildman–Crippen LogP) is 2.72. The summed E-state index contributed by atoms with van der Waals surface area (Å²) in [6.07, 6.45) is 3.89. The van der Waals surface area contributed by atoms with E-state index < -0.39 is 6.67 Å². The highest BCUT2D eigenvalue weighted by atomic mass is 35.5. The molecule has 0 unspecified atom stereocenters. The molecule has 0 aromatic carbocycles. The van der Waals surface area contributed by atoms with Gasteiger partial charge in [-0.15, -0.1) is 12.4 Å². The zero-order chi connectivity index (χ0) is 13.8. The molecular weight excluding hydrogens is 281 g/mol. The van der Waals surface area contributed by atoms with Crippen LogP contribution in [0.15, 0.2) is 12.4 Å². The molecule has 0 atom stereocenters. The zero-order valence-electron chi connectivity index (χ0n) is 12.1. The highest BCUT2D eigenvalue weighted by Gasteiger charge is 2.07. The Morgan fingerprint density at radius 2 is 1.85 bits per heavy atom. The van der Waals surface area contributed by atoms with Crippen LogP contribution in [-0.4, -0.2) is 26.2 Å². The minimum absolute atomic E-state index is 0. The molecule has 0 fully saturated rings. The van der Waals surface area contributed by atoms with Crippen LogP contribution in [0.2, 0.25) is 0 Å². The Bertz CT molecular complexity index is 549. The van der Waals surface area contributed by atoms with E-state index in [0.29, 0.717) is 13.1 Å². The molecule has 0 radical (unpaired) electrons. The van der Waals surface area contributed by atoms with E-state index in [0.717, 1.165) is 23.6 Å². The SMILES string of the molecule is CCn1cc(CNc2cn(CCF)nc2C)c(C)n1.Cl. The van der Waals surface area contributed by atoms with E-state index in [2.05, 4.69) is 22.4 Å². The number of nitrogens with one attached hydrogen (secondary N) is 1. The van der Waals surface area contributed by atoms with Crippen LogP contribution >= 0.6 is 12.4 Å². The van der Waals surface area contributed by atoms with Gasteiger partial charge < -0.3 is 5.32 Å². The standard InChI is InChI=1S/C13H20FN5.ClH/c1-4-18-8-12(10(2)16-18)7-15-13-9-19(6-5-14)17-11(13)3;/h8-9,15H,4-7H2,1-3H3;1H. The van der Waals surface area contributed by atoms with Crippen molar-refractivity contribution >= 4 is 18.1 Å². The maximum absolute atomic E-state index is 12.3. The van der Waals surface area contributed by atoms with E-state index in [1.807, 2.05) is 30.9 Å². The van der Waals surface area contributed by atoms with E-state index in [1.165, 1.54) is 5.56 Å². The van der Waals surface area contributed by atoms with Crippen LogP contribution in [0.1, 0.15) is 23.9 Å². The molecule has 0 aliphatic heterocycles. The van der Waals surface area contributed by atoms with Gasteiger partial charge in [0.05, 0.1) is 23.6 Å². The molecule has 2 aromatic heterocycles. The van der Waals surface area contributed by atoms with Gasteiger partial charge >= 0.3 is 0 Å². The smallest absolute Gasteiger partial charge is 0.109 e. The van der Waals surface area contributed by atoms with E-state index in [9.17, 15) is 4.39 Å². The topological polar surface area (TPSA) is 47.7 Å².